The molecule has 0 aliphatic carbocycles. The molecule has 3 aromatic rings. The average molecular weight is 262 g/mol. The lowest BCUT2D eigenvalue weighted by Crippen LogP contribution is -1.92. The summed E-state index contributed by atoms with van der Waals surface area (Å²) in [5.74, 6) is 0.697. The fourth-order valence-electron chi connectivity index (χ4n) is 2.07. The predicted octanol–water partition coefficient (Wildman–Crippen LogP) is 2.75. The summed E-state index contributed by atoms with van der Waals surface area (Å²) in [5.41, 5.74) is 2.74. The molecule has 0 radical (unpaired) electrons. The summed E-state index contributed by atoms with van der Waals surface area (Å²) in [6.45, 7) is 0.0527. The van der Waals surface area contributed by atoms with Crippen LogP contribution >= 0.6 is 11.6 Å². The third kappa shape index (κ3) is 1.79. The van der Waals surface area contributed by atoms with Crippen molar-refractivity contribution in [3.05, 3.63) is 41.4 Å². The molecule has 2 aromatic heterocycles. The van der Waals surface area contributed by atoms with Crippen molar-refractivity contribution in [2.75, 3.05) is 6.61 Å². The molecule has 3 N–H and O–H groups in total. The van der Waals surface area contributed by atoms with Gasteiger partial charge in [0.2, 0.25) is 0 Å². The van der Waals surface area contributed by atoms with E-state index in [9.17, 15) is 0 Å². The molecule has 0 fully saturated rings. The van der Waals surface area contributed by atoms with Crippen molar-refractivity contribution in [3.63, 3.8) is 0 Å². The molecule has 0 unspecified atom stereocenters. The number of nitrogens with one attached hydrogen (secondary N) is 2. The van der Waals surface area contributed by atoms with Crippen LogP contribution in [-0.2, 0) is 6.42 Å². The Labute approximate surface area is 109 Å². The van der Waals surface area contributed by atoms with Gasteiger partial charge in [0.15, 0.2) is 0 Å². The first-order chi connectivity index (χ1) is 8.79. The van der Waals surface area contributed by atoms with Crippen LogP contribution in [0.1, 0.15) is 5.82 Å². The molecule has 0 saturated carbocycles. The average Bonchev–Trinajstić information content (AvgIpc) is 2.93. The van der Waals surface area contributed by atoms with Gasteiger partial charge in [-0.3, -0.25) is 0 Å². The van der Waals surface area contributed by atoms with Crippen LogP contribution in [0.2, 0.25) is 5.15 Å². The zero-order valence-corrected chi connectivity index (χ0v) is 10.3. The Bertz CT molecular complexity index is 686. The van der Waals surface area contributed by atoms with Crippen molar-refractivity contribution in [3.8, 4) is 11.3 Å². The lowest BCUT2D eigenvalue weighted by atomic mass is 10.1. The Balaban J connectivity index is 2.14. The van der Waals surface area contributed by atoms with Gasteiger partial charge in [-0.05, 0) is 6.07 Å². The maximum atomic E-state index is 8.91. The number of hydrogen-bond donors (Lipinski definition) is 3. The van der Waals surface area contributed by atoms with Gasteiger partial charge in [-0.1, -0.05) is 29.8 Å². The van der Waals surface area contributed by atoms with Gasteiger partial charge < -0.3 is 15.1 Å². The standard InChI is InChI=1S/C13H12ClN3O/c14-13-12(16-11(17-13)5-6-18)9-7-15-10-4-2-1-3-8(9)10/h1-4,7,15,18H,5-6H2,(H,16,17). The fraction of sp³-hybridized carbons (Fsp3) is 0.154. The number of rotatable bonds is 3. The van der Waals surface area contributed by atoms with Gasteiger partial charge in [0, 0.05) is 29.1 Å². The van der Waals surface area contributed by atoms with Crippen molar-refractivity contribution >= 4 is 22.5 Å². The molecular weight excluding hydrogens is 250 g/mol. The minimum absolute atomic E-state index is 0.0527. The number of aliphatic hydroxyl groups excluding tert-OH is 1. The van der Waals surface area contributed by atoms with E-state index in [-0.39, 0.29) is 6.61 Å². The molecule has 2 heterocycles. The highest BCUT2D eigenvalue weighted by Gasteiger charge is 2.14. The number of fused-ring (bicyclic) bond motifs is 1. The largest absolute Gasteiger partial charge is 0.396 e. The number of aromatic amines is 2. The number of hydrogen-bond acceptors (Lipinski definition) is 2. The van der Waals surface area contributed by atoms with Crippen molar-refractivity contribution < 1.29 is 5.11 Å². The van der Waals surface area contributed by atoms with Crippen LogP contribution in [0, 0.1) is 0 Å². The van der Waals surface area contributed by atoms with E-state index in [1.54, 1.807) is 0 Å². The molecule has 92 valence electrons. The van der Waals surface area contributed by atoms with E-state index in [2.05, 4.69) is 15.0 Å². The summed E-state index contributed by atoms with van der Waals surface area (Å²) in [6, 6.07) is 7.99. The molecule has 3 rings (SSSR count). The molecule has 0 aliphatic heterocycles. The first-order valence-corrected chi connectivity index (χ1v) is 6.09. The molecule has 4 nitrogen and oxygen atoms in total. The number of para-hydroxylation sites is 1. The Kier molecular flexibility index (Phi) is 2.81. The van der Waals surface area contributed by atoms with Crippen molar-refractivity contribution in [1.82, 2.24) is 15.0 Å². The Morgan fingerprint density at radius 2 is 2.11 bits per heavy atom. The third-order valence-corrected chi connectivity index (χ3v) is 3.18. The number of imidazole rings is 1. The molecule has 0 bridgehead atoms. The third-order valence-electron chi connectivity index (χ3n) is 2.90. The van der Waals surface area contributed by atoms with Gasteiger partial charge in [0.25, 0.3) is 0 Å². The normalized spacial score (nSPS) is 11.2. The Morgan fingerprint density at radius 1 is 1.28 bits per heavy atom. The maximum absolute atomic E-state index is 8.91. The van der Waals surface area contributed by atoms with Crippen molar-refractivity contribution in [2.45, 2.75) is 6.42 Å². The van der Waals surface area contributed by atoms with Crippen LogP contribution in [0.25, 0.3) is 22.2 Å². The van der Waals surface area contributed by atoms with E-state index in [0.29, 0.717) is 17.4 Å². The SMILES string of the molecule is OCCc1nc(-c2c[nH]c3ccccc23)c(Cl)[nH]1. The van der Waals surface area contributed by atoms with Gasteiger partial charge in [-0.15, -0.1) is 0 Å². The number of benzene rings is 1. The molecule has 0 amide bonds. The van der Waals surface area contributed by atoms with E-state index >= 15 is 0 Å². The first kappa shape index (κ1) is 11.3. The zero-order chi connectivity index (χ0) is 12.5. The van der Waals surface area contributed by atoms with Crippen LogP contribution in [0.5, 0.6) is 0 Å². The van der Waals surface area contributed by atoms with E-state index in [1.165, 1.54) is 0 Å². The summed E-state index contributed by atoms with van der Waals surface area (Å²) in [6.07, 6.45) is 2.37. The van der Waals surface area contributed by atoms with Crippen molar-refractivity contribution in [1.29, 1.82) is 0 Å². The van der Waals surface area contributed by atoms with Gasteiger partial charge in [0.05, 0.1) is 6.61 Å². The second-order valence-electron chi connectivity index (χ2n) is 4.07. The summed E-state index contributed by atoms with van der Waals surface area (Å²) in [4.78, 5) is 10.6. The van der Waals surface area contributed by atoms with E-state index in [0.717, 1.165) is 22.2 Å². The van der Waals surface area contributed by atoms with Gasteiger partial charge in [-0.25, -0.2) is 4.98 Å². The minimum atomic E-state index is 0.0527. The maximum Gasteiger partial charge on any atom is 0.134 e. The molecule has 18 heavy (non-hydrogen) atoms. The highest BCUT2D eigenvalue weighted by atomic mass is 35.5. The lowest BCUT2D eigenvalue weighted by Gasteiger charge is -1.94. The summed E-state index contributed by atoms with van der Waals surface area (Å²) < 4.78 is 0. The summed E-state index contributed by atoms with van der Waals surface area (Å²) in [7, 11) is 0. The zero-order valence-electron chi connectivity index (χ0n) is 9.57. The fourth-order valence-corrected chi connectivity index (χ4v) is 2.32. The van der Waals surface area contributed by atoms with Crippen LogP contribution in [-0.4, -0.2) is 26.7 Å². The molecule has 1 aromatic carbocycles. The first-order valence-electron chi connectivity index (χ1n) is 5.71. The van der Waals surface area contributed by atoms with Crippen LogP contribution in [0.3, 0.4) is 0 Å². The number of nitrogens with zero attached hydrogens (tertiary/aromatic N) is 1. The minimum Gasteiger partial charge on any atom is -0.396 e. The van der Waals surface area contributed by atoms with Crippen molar-refractivity contribution in [2.24, 2.45) is 0 Å². The predicted molar refractivity (Wildman–Crippen MR) is 71.7 cm³/mol. The van der Waals surface area contributed by atoms with E-state index in [4.69, 9.17) is 16.7 Å². The smallest absolute Gasteiger partial charge is 0.134 e. The molecule has 5 heteroatoms. The van der Waals surface area contributed by atoms with Gasteiger partial charge in [-0.2, -0.15) is 0 Å². The topological polar surface area (TPSA) is 64.7 Å². The Hall–Kier alpha value is -1.78. The van der Waals surface area contributed by atoms with Gasteiger partial charge in [0.1, 0.15) is 16.7 Å². The van der Waals surface area contributed by atoms with Crippen LogP contribution in [0.4, 0.5) is 0 Å². The van der Waals surface area contributed by atoms with E-state index in [1.807, 2.05) is 30.5 Å². The highest BCUT2D eigenvalue weighted by Crippen LogP contribution is 2.31. The molecule has 0 aliphatic rings. The Morgan fingerprint density at radius 3 is 2.94 bits per heavy atom. The molecular formula is C13H12ClN3O. The van der Waals surface area contributed by atoms with Crippen LogP contribution < -0.4 is 0 Å². The molecule has 0 saturated heterocycles. The quantitative estimate of drug-likeness (QED) is 0.679. The second kappa shape index (κ2) is 4.48. The number of halogens is 1. The summed E-state index contributed by atoms with van der Waals surface area (Å²) in [5, 5.41) is 10.5. The summed E-state index contributed by atoms with van der Waals surface area (Å²) >= 11 is 6.16. The number of H-pyrrole nitrogens is 2. The highest BCUT2D eigenvalue weighted by molar-refractivity contribution is 6.32. The lowest BCUT2D eigenvalue weighted by molar-refractivity contribution is 0.297. The van der Waals surface area contributed by atoms with E-state index < -0.39 is 0 Å². The molecule has 0 spiro atoms. The molecule has 0 atom stereocenters. The van der Waals surface area contributed by atoms with Crippen LogP contribution in [0.15, 0.2) is 30.5 Å². The van der Waals surface area contributed by atoms with Gasteiger partial charge >= 0.3 is 0 Å². The monoisotopic (exact) mass is 261 g/mol. The second-order valence-corrected chi connectivity index (χ2v) is 4.45. The number of aromatic nitrogens is 3. The number of aliphatic hydroxyl groups is 1.